The highest BCUT2D eigenvalue weighted by molar-refractivity contribution is 5.93. The van der Waals surface area contributed by atoms with Gasteiger partial charge in [-0.2, -0.15) is 4.80 Å². The molecule has 0 radical (unpaired) electrons. The number of hydrogen-bond acceptors (Lipinski definition) is 6. The number of hydrogen-bond donors (Lipinski definition) is 0. The molecule has 0 unspecified atom stereocenters. The lowest BCUT2D eigenvalue weighted by molar-refractivity contribution is -0.119. The Hall–Kier alpha value is -3.55. The second-order valence-electron chi connectivity index (χ2n) is 6.65. The molecule has 8 nitrogen and oxygen atoms in total. The minimum Gasteiger partial charge on any atom is -0.459 e. The predicted octanol–water partition coefficient (Wildman–Crippen LogP) is 2.96. The fraction of sp³-hybridized carbons (Fsp3) is 0.286. The van der Waals surface area contributed by atoms with Crippen molar-refractivity contribution >= 4 is 17.6 Å². The van der Waals surface area contributed by atoms with Crippen molar-refractivity contribution in [3.8, 4) is 11.4 Å². The average Bonchev–Trinajstić information content (AvgIpc) is 3.17. The Morgan fingerprint density at radius 2 is 1.86 bits per heavy atom. The molecule has 0 aliphatic rings. The number of esters is 1. The van der Waals surface area contributed by atoms with Crippen molar-refractivity contribution in [1.29, 1.82) is 0 Å². The lowest BCUT2D eigenvalue weighted by atomic mass is 10.1. The van der Waals surface area contributed by atoms with Gasteiger partial charge in [0, 0.05) is 17.8 Å². The number of likely N-dealkylation sites (N-methyl/N-ethyl adjacent to an activating group) is 1. The molecule has 0 aliphatic carbocycles. The molecule has 0 fully saturated rings. The SMILES string of the molecule is CCN(C(=O)Cn1nnc(-c2cccc(C(=O)OC(C)C)c2)n1)c1ccccc1. The summed E-state index contributed by atoms with van der Waals surface area (Å²) in [4.78, 5) is 27.7. The van der Waals surface area contributed by atoms with E-state index in [4.69, 9.17) is 4.74 Å². The first-order chi connectivity index (χ1) is 14.0. The van der Waals surface area contributed by atoms with Crippen LogP contribution in [0.3, 0.4) is 0 Å². The Bertz CT molecular complexity index is 985. The van der Waals surface area contributed by atoms with Gasteiger partial charge in [0.1, 0.15) is 6.54 Å². The summed E-state index contributed by atoms with van der Waals surface area (Å²) < 4.78 is 5.21. The van der Waals surface area contributed by atoms with Crippen molar-refractivity contribution < 1.29 is 14.3 Å². The largest absolute Gasteiger partial charge is 0.459 e. The minimum absolute atomic E-state index is 0.0369. The molecule has 0 bridgehead atoms. The minimum atomic E-state index is -0.411. The molecule has 2 aromatic carbocycles. The molecule has 1 aromatic heterocycles. The number of carbonyl (C=O) groups excluding carboxylic acids is 2. The van der Waals surface area contributed by atoms with Crippen LogP contribution in [-0.4, -0.2) is 44.7 Å². The third-order valence-electron chi connectivity index (χ3n) is 4.11. The zero-order valence-electron chi connectivity index (χ0n) is 16.6. The number of tetrazole rings is 1. The van der Waals surface area contributed by atoms with Crippen LogP contribution in [0, 0.1) is 0 Å². The van der Waals surface area contributed by atoms with Gasteiger partial charge in [0.2, 0.25) is 5.82 Å². The van der Waals surface area contributed by atoms with E-state index in [1.807, 2.05) is 37.3 Å². The second-order valence-corrected chi connectivity index (χ2v) is 6.65. The molecule has 1 heterocycles. The quantitative estimate of drug-likeness (QED) is 0.573. The summed E-state index contributed by atoms with van der Waals surface area (Å²) in [7, 11) is 0. The maximum Gasteiger partial charge on any atom is 0.338 e. The maximum atomic E-state index is 12.7. The van der Waals surface area contributed by atoms with Crippen LogP contribution in [0.1, 0.15) is 31.1 Å². The fourth-order valence-electron chi connectivity index (χ4n) is 2.81. The van der Waals surface area contributed by atoms with Gasteiger partial charge in [-0.3, -0.25) is 4.79 Å². The van der Waals surface area contributed by atoms with E-state index in [-0.39, 0.29) is 18.6 Å². The van der Waals surface area contributed by atoms with Gasteiger partial charge in [-0.1, -0.05) is 30.3 Å². The van der Waals surface area contributed by atoms with Gasteiger partial charge < -0.3 is 9.64 Å². The highest BCUT2D eigenvalue weighted by atomic mass is 16.5. The number of benzene rings is 2. The van der Waals surface area contributed by atoms with E-state index in [2.05, 4.69) is 15.4 Å². The molecule has 0 aliphatic heterocycles. The first-order valence-corrected chi connectivity index (χ1v) is 9.42. The Morgan fingerprint density at radius 1 is 1.10 bits per heavy atom. The van der Waals surface area contributed by atoms with E-state index in [0.29, 0.717) is 23.5 Å². The summed E-state index contributed by atoms with van der Waals surface area (Å²) in [6.07, 6.45) is -0.206. The number of amides is 1. The third kappa shape index (κ3) is 5.04. The molecule has 0 spiro atoms. The topological polar surface area (TPSA) is 90.2 Å². The smallest absolute Gasteiger partial charge is 0.338 e. The predicted molar refractivity (Wildman–Crippen MR) is 108 cm³/mol. The summed E-state index contributed by atoms with van der Waals surface area (Å²) in [5.74, 6) is -0.220. The monoisotopic (exact) mass is 393 g/mol. The molecule has 3 rings (SSSR count). The molecule has 3 aromatic rings. The molecular weight excluding hydrogens is 370 g/mol. The Balaban J connectivity index is 1.74. The standard InChI is InChI=1S/C21H23N5O3/c1-4-25(18-11-6-5-7-12-18)19(27)14-26-23-20(22-24-26)16-9-8-10-17(13-16)21(28)29-15(2)3/h5-13,15H,4,14H2,1-3H3. The summed E-state index contributed by atoms with van der Waals surface area (Å²) in [6, 6.07) is 16.2. The molecule has 0 atom stereocenters. The Labute approximate surface area is 169 Å². The fourth-order valence-corrected chi connectivity index (χ4v) is 2.81. The van der Waals surface area contributed by atoms with Gasteiger partial charge in [0.15, 0.2) is 0 Å². The van der Waals surface area contributed by atoms with E-state index in [1.54, 1.807) is 43.0 Å². The summed E-state index contributed by atoms with van der Waals surface area (Å²) in [5, 5.41) is 12.3. The molecular formula is C21H23N5O3. The van der Waals surface area contributed by atoms with E-state index >= 15 is 0 Å². The summed E-state index contributed by atoms with van der Waals surface area (Å²) >= 11 is 0. The lowest BCUT2D eigenvalue weighted by Crippen LogP contribution is -2.34. The van der Waals surface area contributed by atoms with Crippen LogP contribution >= 0.6 is 0 Å². The van der Waals surface area contributed by atoms with E-state index < -0.39 is 5.97 Å². The number of carbonyl (C=O) groups is 2. The van der Waals surface area contributed by atoms with Gasteiger partial charge in [0.05, 0.1) is 11.7 Å². The highest BCUT2D eigenvalue weighted by Crippen LogP contribution is 2.17. The first-order valence-electron chi connectivity index (χ1n) is 9.42. The summed E-state index contributed by atoms with van der Waals surface area (Å²) in [5.41, 5.74) is 1.85. The normalized spacial score (nSPS) is 10.8. The van der Waals surface area contributed by atoms with Crippen LogP contribution < -0.4 is 4.90 Å². The van der Waals surface area contributed by atoms with Gasteiger partial charge in [-0.15, -0.1) is 10.2 Å². The average molecular weight is 393 g/mol. The maximum absolute atomic E-state index is 12.7. The number of rotatable bonds is 7. The zero-order valence-corrected chi connectivity index (χ0v) is 16.6. The van der Waals surface area contributed by atoms with Gasteiger partial charge in [0.25, 0.3) is 5.91 Å². The van der Waals surface area contributed by atoms with Crippen LogP contribution in [0.2, 0.25) is 0 Å². The van der Waals surface area contributed by atoms with Crippen LogP contribution in [0.4, 0.5) is 5.69 Å². The van der Waals surface area contributed by atoms with Crippen molar-refractivity contribution in [2.75, 3.05) is 11.4 Å². The van der Waals surface area contributed by atoms with Crippen LogP contribution in [-0.2, 0) is 16.1 Å². The lowest BCUT2D eigenvalue weighted by Gasteiger charge is -2.20. The van der Waals surface area contributed by atoms with E-state index in [0.717, 1.165) is 5.69 Å². The van der Waals surface area contributed by atoms with Crippen LogP contribution in [0.25, 0.3) is 11.4 Å². The van der Waals surface area contributed by atoms with E-state index in [9.17, 15) is 9.59 Å². The number of anilines is 1. The third-order valence-corrected chi connectivity index (χ3v) is 4.11. The van der Waals surface area contributed by atoms with E-state index in [1.165, 1.54) is 4.80 Å². The van der Waals surface area contributed by atoms with Crippen molar-refractivity contribution in [1.82, 2.24) is 20.2 Å². The van der Waals surface area contributed by atoms with Gasteiger partial charge >= 0.3 is 5.97 Å². The Kier molecular flexibility index (Phi) is 6.33. The highest BCUT2D eigenvalue weighted by Gasteiger charge is 2.17. The number of aromatic nitrogens is 4. The Morgan fingerprint density at radius 3 is 2.55 bits per heavy atom. The molecule has 150 valence electrons. The van der Waals surface area contributed by atoms with Crippen LogP contribution in [0.15, 0.2) is 54.6 Å². The molecule has 1 amide bonds. The molecule has 29 heavy (non-hydrogen) atoms. The van der Waals surface area contributed by atoms with Crippen molar-refractivity contribution in [3.63, 3.8) is 0 Å². The number of ether oxygens (including phenoxy) is 1. The second kappa shape index (κ2) is 9.09. The first kappa shape index (κ1) is 20.2. The summed E-state index contributed by atoms with van der Waals surface area (Å²) in [6.45, 7) is 5.99. The van der Waals surface area contributed by atoms with Gasteiger partial charge in [-0.05, 0) is 50.3 Å². The zero-order chi connectivity index (χ0) is 20.8. The van der Waals surface area contributed by atoms with Crippen molar-refractivity contribution in [2.45, 2.75) is 33.4 Å². The van der Waals surface area contributed by atoms with Crippen molar-refractivity contribution in [3.05, 3.63) is 60.2 Å². The van der Waals surface area contributed by atoms with Crippen LogP contribution in [0.5, 0.6) is 0 Å². The number of nitrogens with zero attached hydrogens (tertiary/aromatic N) is 5. The molecule has 8 heteroatoms. The molecule has 0 saturated heterocycles. The molecule has 0 saturated carbocycles. The molecule has 0 N–H and O–H groups in total. The van der Waals surface area contributed by atoms with Gasteiger partial charge in [-0.25, -0.2) is 4.79 Å². The number of para-hydroxylation sites is 1. The van der Waals surface area contributed by atoms with Crippen molar-refractivity contribution in [2.24, 2.45) is 0 Å².